The van der Waals surface area contributed by atoms with Gasteiger partial charge in [-0.05, 0) is 24.3 Å². The molecule has 1 heterocycles. The average molecular weight is 368 g/mol. The Morgan fingerprint density at radius 1 is 1.04 bits per heavy atom. The zero-order valence-corrected chi connectivity index (χ0v) is 14.1. The molecule has 0 aliphatic carbocycles. The minimum Gasteiger partial charge on any atom is -0.362 e. The zero-order chi connectivity index (χ0) is 17.4. The number of ether oxygens (including phenoxy) is 1. The lowest BCUT2D eigenvalue weighted by Crippen LogP contribution is -2.29. The number of nitrogens with zero attached hydrogens (tertiary/aromatic N) is 1. The van der Waals surface area contributed by atoms with Crippen molar-refractivity contribution in [2.45, 2.75) is 6.54 Å². The molecule has 24 heavy (non-hydrogen) atoms. The molecular formula is C16H15Cl2N3O3. The summed E-state index contributed by atoms with van der Waals surface area (Å²) in [5, 5.41) is 5.79. The second kappa shape index (κ2) is 9.22. The molecule has 0 aliphatic rings. The monoisotopic (exact) mass is 367 g/mol. The third-order valence-electron chi connectivity index (χ3n) is 2.88. The summed E-state index contributed by atoms with van der Waals surface area (Å²) in [6.07, 6.45) is 1.64. The summed E-state index contributed by atoms with van der Waals surface area (Å²) >= 11 is 11.8. The second-order valence-corrected chi connectivity index (χ2v) is 5.53. The number of hydrogen-bond donors (Lipinski definition) is 2. The molecule has 8 heteroatoms. The van der Waals surface area contributed by atoms with Gasteiger partial charge in [-0.2, -0.15) is 0 Å². The third kappa shape index (κ3) is 5.81. The van der Waals surface area contributed by atoms with Crippen molar-refractivity contribution in [3.05, 3.63) is 58.3 Å². The maximum absolute atomic E-state index is 11.8. The van der Waals surface area contributed by atoms with E-state index >= 15 is 0 Å². The Bertz CT molecular complexity index is 711. The molecule has 0 spiro atoms. The van der Waals surface area contributed by atoms with Crippen molar-refractivity contribution in [2.75, 3.05) is 18.5 Å². The Morgan fingerprint density at radius 2 is 1.83 bits per heavy atom. The van der Waals surface area contributed by atoms with Gasteiger partial charge in [0.2, 0.25) is 11.8 Å². The van der Waals surface area contributed by atoms with Crippen LogP contribution in [0.15, 0.2) is 42.6 Å². The lowest BCUT2D eigenvalue weighted by molar-refractivity contribution is -0.128. The SMILES string of the molecule is O=C(COCC(=O)Nc1cccc(Cl)c1Cl)NCc1ccccn1. The molecule has 2 amide bonds. The number of halogens is 2. The fourth-order valence-corrected chi connectivity index (χ4v) is 2.11. The third-order valence-corrected chi connectivity index (χ3v) is 3.70. The molecule has 1 aromatic heterocycles. The van der Waals surface area contributed by atoms with E-state index in [1.54, 1.807) is 36.5 Å². The minimum absolute atomic E-state index is 0.233. The predicted molar refractivity (Wildman–Crippen MR) is 92.0 cm³/mol. The van der Waals surface area contributed by atoms with E-state index in [1.165, 1.54) is 0 Å². The van der Waals surface area contributed by atoms with Gasteiger partial charge in [0.1, 0.15) is 13.2 Å². The summed E-state index contributed by atoms with van der Waals surface area (Å²) in [4.78, 5) is 27.5. The molecule has 0 aliphatic heterocycles. The Kier molecular flexibility index (Phi) is 6.99. The minimum atomic E-state index is -0.434. The molecular weight excluding hydrogens is 353 g/mol. The van der Waals surface area contributed by atoms with Crippen LogP contribution < -0.4 is 10.6 Å². The standard InChI is InChI=1S/C16H15Cl2N3O3/c17-12-5-3-6-13(16(12)18)21-15(23)10-24-9-14(22)20-8-11-4-1-2-7-19-11/h1-7H,8-10H2,(H,20,22)(H,21,23). The Labute approximate surface area is 149 Å². The van der Waals surface area contributed by atoms with Crippen LogP contribution in [0.5, 0.6) is 0 Å². The van der Waals surface area contributed by atoms with Gasteiger partial charge in [-0.15, -0.1) is 0 Å². The Morgan fingerprint density at radius 3 is 2.58 bits per heavy atom. The number of nitrogens with one attached hydrogen (secondary N) is 2. The van der Waals surface area contributed by atoms with Crippen molar-refractivity contribution in [3.63, 3.8) is 0 Å². The van der Waals surface area contributed by atoms with Crippen molar-refractivity contribution >= 4 is 40.7 Å². The fraction of sp³-hybridized carbons (Fsp3) is 0.188. The van der Waals surface area contributed by atoms with Crippen LogP contribution in [0, 0.1) is 0 Å². The summed E-state index contributed by atoms with van der Waals surface area (Å²) in [7, 11) is 0. The lowest BCUT2D eigenvalue weighted by Gasteiger charge is -2.09. The molecule has 126 valence electrons. The van der Waals surface area contributed by atoms with Gasteiger partial charge < -0.3 is 15.4 Å². The first kappa shape index (κ1) is 18.2. The fourth-order valence-electron chi connectivity index (χ4n) is 1.77. The highest BCUT2D eigenvalue weighted by Gasteiger charge is 2.09. The van der Waals surface area contributed by atoms with Crippen LogP contribution in [0.2, 0.25) is 10.0 Å². The van der Waals surface area contributed by atoms with Gasteiger partial charge in [-0.3, -0.25) is 14.6 Å². The smallest absolute Gasteiger partial charge is 0.250 e. The highest BCUT2D eigenvalue weighted by atomic mass is 35.5. The van der Waals surface area contributed by atoms with E-state index in [0.29, 0.717) is 17.3 Å². The first-order valence-electron chi connectivity index (χ1n) is 7.04. The highest BCUT2D eigenvalue weighted by Crippen LogP contribution is 2.29. The number of carbonyl (C=O) groups excluding carboxylic acids is 2. The molecule has 2 aromatic rings. The van der Waals surface area contributed by atoms with E-state index in [9.17, 15) is 9.59 Å². The summed E-state index contributed by atoms with van der Waals surface area (Å²) in [6, 6.07) is 10.3. The van der Waals surface area contributed by atoms with Crippen LogP contribution in [0.25, 0.3) is 0 Å². The number of benzene rings is 1. The van der Waals surface area contributed by atoms with Crippen LogP contribution in [-0.4, -0.2) is 30.0 Å². The summed E-state index contributed by atoms with van der Waals surface area (Å²) < 4.78 is 5.07. The highest BCUT2D eigenvalue weighted by molar-refractivity contribution is 6.43. The molecule has 0 bridgehead atoms. The van der Waals surface area contributed by atoms with Crippen molar-refractivity contribution in [1.82, 2.24) is 10.3 Å². The van der Waals surface area contributed by atoms with E-state index in [2.05, 4.69) is 15.6 Å². The number of pyridine rings is 1. The van der Waals surface area contributed by atoms with E-state index < -0.39 is 5.91 Å². The van der Waals surface area contributed by atoms with E-state index in [4.69, 9.17) is 27.9 Å². The van der Waals surface area contributed by atoms with Gasteiger partial charge in [0, 0.05) is 6.20 Å². The Hall–Kier alpha value is -2.15. The number of aromatic nitrogens is 1. The zero-order valence-electron chi connectivity index (χ0n) is 12.6. The molecule has 0 atom stereocenters. The van der Waals surface area contributed by atoms with Crippen LogP contribution in [-0.2, 0) is 20.9 Å². The van der Waals surface area contributed by atoms with Gasteiger partial charge in [-0.1, -0.05) is 35.3 Å². The maximum Gasteiger partial charge on any atom is 0.250 e. The van der Waals surface area contributed by atoms with Crippen LogP contribution >= 0.6 is 23.2 Å². The first-order chi connectivity index (χ1) is 11.6. The number of rotatable bonds is 7. The lowest BCUT2D eigenvalue weighted by atomic mass is 10.3. The summed E-state index contributed by atoms with van der Waals surface area (Å²) in [5.41, 5.74) is 1.12. The van der Waals surface area contributed by atoms with Gasteiger partial charge in [0.25, 0.3) is 0 Å². The summed E-state index contributed by atoms with van der Waals surface area (Å²) in [6.45, 7) is -0.212. The van der Waals surface area contributed by atoms with Crippen LogP contribution in [0.4, 0.5) is 5.69 Å². The molecule has 0 saturated heterocycles. The van der Waals surface area contributed by atoms with Crippen LogP contribution in [0.1, 0.15) is 5.69 Å². The molecule has 2 N–H and O–H groups in total. The molecule has 0 saturated carbocycles. The number of anilines is 1. The van der Waals surface area contributed by atoms with Crippen molar-refractivity contribution in [1.29, 1.82) is 0 Å². The molecule has 0 unspecified atom stereocenters. The first-order valence-corrected chi connectivity index (χ1v) is 7.80. The predicted octanol–water partition coefficient (Wildman–Crippen LogP) is 2.66. The summed E-state index contributed by atoms with van der Waals surface area (Å²) in [5.74, 6) is -0.772. The van der Waals surface area contributed by atoms with Crippen molar-refractivity contribution in [2.24, 2.45) is 0 Å². The largest absolute Gasteiger partial charge is 0.362 e. The van der Waals surface area contributed by atoms with Crippen LogP contribution in [0.3, 0.4) is 0 Å². The molecule has 0 fully saturated rings. The molecule has 2 rings (SSSR count). The molecule has 6 nitrogen and oxygen atoms in total. The maximum atomic E-state index is 11.8. The van der Waals surface area contributed by atoms with E-state index in [-0.39, 0.29) is 24.1 Å². The number of hydrogen-bond acceptors (Lipinski definition) is 4. The topological polar surface area (TPSA) is 80.3 Å². The van der Waals surface area contributed by atoms with Crippen molar-refractivity contribution < 1.29 is 14.3 Å². The van der Waals surface area contributed by atoms with Gasteiger partial charge >= 0.3 is 0 Å². The second-order valence-electron chi connectivity index (χ2n) is 4.74. The van der Waals surface area contributed by atoms with E-state index in [0.717, 1.165) is 5.69 Å². The molecule has 0 radical (unpaired) electrons. The average Bonchev–Trinajstić information content (AvgIpc) is 2.58. The number of amides is 2. The van der Waals surface area contributed by atoms with Gasteiger partial charge in [0.15, 0.2) is 0 Å². The Balaban J connectivity index is 1.68. The normalized spacial score (nSPS) is 10.2. The van der Waals surface area contributed by atoms with Crippen molar-refractivity contribution in [3.8, 4) is 0 Å². The van der Waals surface area contributed by atoms with E-state index in [1.807, 2.05) is 6.07 Å². The number of carbonyl (C=O) groups is 2. The van der Waals surface area contributed by atoms with Gasteiger partial charge in [-0.25, -0.2) is 0 Å². The molecule has 1 aromatic carbocycles. The quantitative estimate of drug-likeness (QED) is 0.788. The van der Waals surface area contributed by atoms with Gasteiger partial charge in [0.05, 0.1) is 28.0 Å².